The topological polar surface area (TPSA) is 43.4 Å². The zero-order valence-corrected chi connectivity index (χ0v) is 11.8. The molecule has 3 nitrogen and oxygen atoms in total. The lowest BCUT2D eigenvalue weighted by Gasteiger charge is -2.20. The quantitative estimate of drug-likeness (QED) is 0.709. The summed E-state index contributed by atoms with van der Waals surface area (Å²) in [5, 5.41) is 0. The predicted octanol–water partition coefficient (Wildman–Crippen LogP) is 2.97. The molecule has 0 amide bonds. The molecule has 3 heteroatoms. The maximum Gasteiger partial charge on any atom is 0.310 e. The third-order valence-electron chi connectivity index (χ3n) is 3.52. The van der Waals surface area contributed by atoms with Crippen molar-refractivity contribution in [3.05, 3.63) is 0 Å². The fourth-order valence-electron chi connectivity index (χ4n) is 2.47. The second-order valence-corrected chi connectivity index (χ2v) is 6.68. The number of esters is 1. The Morgan fingerprint density at radius 3 is 2.18 bits per heavy atom. The van der Waals surface area contributed by atoms with E-state index in [-0.39, 0.29) is 23.1 Å². The SMILES string of the molecule is CC(=O)CC[C@@H]1[C@@H](C(=O)OC(C)(C)C)C1(C)C. The molecule has 1 aliphatic rings. The standard InChI is InChI=1S/C14H24O3/c1-9(15)7-8-10-11(14(10,5)6)12(16)17-13(2,3)4/h10-11H,7-8H2,1-6H3/t10-,11+/m1/s1. The van der Waals surface area contributed by atoms with Crippen LogP contribution in [0.1, 0.15) is 54.4 Å². The van der Waals surface area contributed by atoms with Gasteiger partial charge in [0.15, 0.2) is 0 Å². The Labute approximate surface area is 104 Å². The van der Waals surface area contributed by atoms with Crippen LogP contribution in [0.3, 0.4) is 0 Å². The lowest BCUT2D eigenvalue weighted by molar-refractivity contribution is -0.157. The molecule has 0 N–H and O–H groups in total. The Hall–Kier alpha value is -0.860. The van der Waals surface area contributed by atoms with Gasteiger partial charge in [-0.25, -0.2) is 0 Å². The van der Waals surface area contributed by atoms with Crippen LogP contribution in [-0.4, -0.2) is 17.4 Å². The van der Waals surface area contributed by atoms with E-state index in [1.54, 1.807) is 6.92 Å². The molecule has 0 aromatic rings. The monoisotopic (exact) mass is 240 g/mol. The average Bonchev–Trinajstić information content (AvgIpc) is 2.61. The van der Waals surface area contributed by atoms with E-state index in [9.17, 15) is 9.59 Å². The highest BCUT2D eigenvalue weighted by Gasteiger charge is 2.62. The van der Waals surface area contributed by atoms with Crippen molar-refractivity contribution in [3.8, 4) is 0 Å². The molecule has 0 heterocycles. The van der Waals surface area contributed by atoms with E-state index < -0.39 is 5.60 Å². The number of hydrogen-bond donors (Lipinski definition) is 0. The summed E-state index contributed by atoms with van der Waals surface area (Å²) in [5.74, 6) is 0.328. The van der Waals surface area contributed by atoms with Crippen LogP contribution in [0, 0.1) is 17.3 Å². The number of ketones is 1. The van der Waals surface area contributed by atoms with Gasteiger partial charge in [0.1, 0.15) is 11.4 Å². The molecule has 2 atom stereocenters. The van der Waals surface area contributed by atoms with E-state index >= 15 is 0 Å². The fourth-order valence-corrected chi connectivity index (χ4v) is 2.47. The third kappa shape index (κ3) is 3.55. The van der Waals surface area contributed by atoms with E-state index in [1.807, 2.05) is 20.8 Å². The molecular formula is C14H24O3. The molecule has 0 aliphatic heterocycles. The molecule has 0 radical (unpaired) electrons. The molecule has 0 aromatic heterocycles. The molecule has 1 rings (SSSR count). The lowest BCUT2D eigenvalue weighted by atomic mass is 10.1. The number of Topliss-reactive ketones (excluding diaryl/α,β-unsaturated/α-hetero) is 1. The first-order valence-electron chi connectivity index (χ1n) is 6.28. The summed E-state index contributed by atoms with van der Waals surface area (Å²) in [6.45, 7) is 11.4. The zero-order valence-electron chi connectivity index (χ0n) is 11.8. The van der Waals surface area contributed by atoms with Gasteiger partial charge < -0.3 is 9.53 Å². The van der Waals surface area contributed by atoms with E-state index in [2.05, 4.69) is 13.8 Å². The highest BCUT2D eigenvalue weighted by molar-refractivity contribution is 5.79. The Bertz CT molecular complexity index is 323. The minimum atomic E-state index is -0.430. The molecule has 0 saturated heterocycles. The van der Waals surface area contributed by atoms with Crippen molar-refractivity contribution in [1.29, 1.82) is 0 Å². The smallest absolute Gasteiger partial charge is 0.310 e. The van der Waals surface area contributed by atoms with E-state index in [4.69, 9.17) is 4.74 Å². The van der Waals surface area contributed by atoms with Crippen molar-refractivity contribution in [3.63, 3.8) is 0 Å². The first kappa shape index (κ1) is 14.2. The summed E-state index contributed by atoms with van der Waals surface area (Å²) < 4.78 is 5.41. The van der Waals surface area contributed by atoms with Gasteiger partial charge in [-0.15, -0.1) is 0 Å². The van der Waals surface area contributed by atoms with Crippen LogP contribution in [0.4, 0.5) is 0 Å². The van der Waals surface area contributed by atoms with Crippen molar-refractivity contribution >= 4 is 11.8 Å². The number of rotatable bonds is 4. The van der Waals surface area contributed by atoms with Crippen LogP contribution in [0.15, 0.2) is 0 Å². The minimum absolute atomic E-state index is 0.0161. The third-order valence-corrected chi connectivity index (χ3v) is 3.52. The molecule has 17 heavy (non-hydrogen) atoms. The summed E-state index contributed by atoms with van der Waals surface area (Å²) in [6, 6.07) is 0. The van der Waals surface area contributed by atoms with Crippen molar-refractivity contribution in [2.24, 2.45) is 17.3 Å². The first-order valence-corrected chi connectivity index (χ1v) is 6.28. The zero-order chi connectivity index (χ0) is 13.4. The van der Waals surface area contributed by atoms with Gasteiger partial charge in [0, 0.05) is 6.42 Å². The second kappa shape index (κ2) is 4.43. The normalized spacial score (nSPS) is 26.5. The summed E-state index contributed by atoms with van der Waals surface area (Å²) >= 11 is 0. The molecular weight excluding hydrogens is 216 g/mol. The van der Waals surface area contributed by atoms with Crippen molar-refractivity contribution in [1.82, 2.24) is 0 Å². The molecule has 0 aromatic carbocycles. The molecule has 0 bridgehead atoms. The van der Waals surface area contributed by atoms with Gasteiger partial charge >= 0.3 is 5.97 Å². The van der Waals surface area contributed by atoms with Gasteiger partial charge in [-0.05, 0) is 45.4 Å². The summed E-state index contributed by atoms with van der Waals surface area (Å²) in [4.78, 5) is 23.0. The Morgan fingerprint density at radius 2 is 1.76 bits per heavy atom. The van der Waals surface area contributed by atoms with Crippen LogP contribution < -0.4 is 0 Å². The van der Waals surface area contributed by atoms with Gasteiger partial charge in [0.05, 0.1) is 5.92 Å². The molecule has 0 spiro atoms. The van der Waals surface area contributed by atoms with E-state index in [0.29, 0.717) is 12.3 Å². The molecule has 1 saturated carbocycles. The maximum absolute atomic E-state index is 12.0. The highest BCUT2D eigenvalue weighted by Crippen LogP contribution is 2.61. The van der Waals surface area contributed by atoms with Crippen LogP contribution in [-0.2, 0) is 14.3 Å². The van der Waals surface area contributed by atoms with Crippen LogP contribution in [0.25, 0.3) is 0 Å². The average molecular weight is 240 g/mol. The van der Waals surface area contributed by atoms with Gasteiger partial charge in [0.25, 0.3) is 0 Å². The van der Waals surface area contributed by atoms with Gasteiger partial charge in [-0.2, -0.15) is 0 Å². The summed E-state index contributed by atoms with van der Waals surface area (Å²) in [7, 11) is 0. The highest BCUT2D eigenvalue weighted by atomic mass is 16.6. The first-order chi connectivity index (χ1) is 7.55. The minimum Gasteiger partial charge on any atom is -0.460 e. The van der Waals surface area contributed by atoms with Gasteiger partial charge in [0.2, 0.25) is 0 Å². The van der Waals surface area contributed by atoms with Crippen LogP contribution in [0.5, 0.6) is 0 Å². The van der Waals surface area contributed by atoms with Crippen molar-refractivity contribution < 1.29 is 14.3 Å². The van der Waals surface area contributed by atoms with Crippen molar-refractivity contribution in [2.45, 2.75) is 60.0 Å². The van der Waals surface area contributed by atoms with Gasteiger partial charge in [-0.1, -0.05) is 13.8 Å². The number of hydrogen-bond acceptors (Lipinski definition) is 3. The number of carbonyl (C=O) groups excluding carboxylic acids is 2. The van der Waals surface area contributed by atoms with E-state index in [0.717, 1.165) is 6.42 Å². The van der Waals surface area contributed by atoms with Gasteiger partial charge in [-0.3, -0.25) is 4.79 Å². The molecule has 1 fully saturated rings. The van der Waals surface area contributed by atoms with E-state index in [1.165, 1.54) is 0 Å². The largest absolute Gasteiger partial charge is 0.460 e. The van der Waals surface area contributed by atoms with Crippen LogP contribution in [0.2, 0.25) is 0 Å². The second-order valence-electron chi connectivity index (χ2n) is 6.68. The Kier molecular flexibility index (Phi) is 3.70. The molecule has 98 valence electrons. The summed E-state index contributed by atoms with van der Waals surface area (Å²) in [6.07, 6.45) is 1.36. The molecule has 1 aliphatic carbocycles. The predicted molar refractivity (Wildman–Crippen MR) is 66.5 cm³/mol. The lowest BCUT2D eigenvalue weighted by Crippen LogP contribution is -2.26. The molecule has 0 unspecified atom stereocenters. The number of ether oxygens (including phenoxy) is 1. The summed E-state index contributed by atoms with van der Waals surface area (Å²) in [5.41, 5.74) is -0.446. The Morgan fingerprint density at radius 1 is 1.24 bits per heavy atom. The maximum atomic E-state index is 12.0. The van der Waals surface area contributed by atoms with Crippen LogP contribution >= 0.6 is 0 Å². The van der Waals surface area contributed by atoms with Crippen molar-refractivity contribution in [2.75, 3.05) is 0 Å². The Balaban J connectivity index is 2.55. The number of carbonyl (C=O) groups is 2. The fraction of sp³-hybridized carbons (Fsp3) is 0.857.